The summed E-state index contributed by atoms with van der Waals surface area (Å²) in [6, 6.07) is 5.29. The van der Waals surface area contributed by atoms with E-state index in [4.69, 9.17) is 11.6 Å². The minimum absolute atomic E-state index is 0.0747. The fourth-order valence-corrected chi connectivity index (χ4v) is 1.52. The number of nitrogens with one attached hydrogen (secondary N) is 1. The highest BCUT2D eigenvalue weighted by atomic mass is 35.5. The van der Waals surface area contributed by atoms with Crippen LogP contribution < -0.4 is 5.32 Å². The summed E-state index contributed by atoms with van der Waals surface area (Å²) in [6.07, 6.45) is 2.26. The van der Waals surface area contributed by atoms with Gasteiger partial charge in [-0.15, -0.1) is 0 Å². The molecule has 0 bridgehead atoms. The van der Waals surface area contributed by atoms with Gasteiger partial charge in [0.1, 0.15) is 0 Å². The van der Waals surface area contributed by atoms with E-state index in [9.17, 15) is 13.6 Å². The maximum absolute atomic E-state index is 13.6. The number of hydrogen-bond donors (Lipinski definition) is 1. The largest absolute Gasteiger partial charge is 0.319 e. The average Bonchev–Trinajstić information content (AvgIpc) is 2.35. The molecule has 2 rings (SSSR count). The minimum atomic E-state index is -0.842. The normalized spacial score (nSPS) is 10.2. The van der Waals surface area contributed by atoms with E-state index in [1.807, 2.05) is 0 Å². The van der Waals surface area contributed by atoms with Gasteiger partial charge in [-0.1, -0.05) is 17.7 Å². The molecule has 0 radical (unpaired) electrons. The number of anilines is 1. The van der Waals surface area contributed by atoms with Crippen molar-refractivity contribution in [2.24, 2.45) is 0 Å². The van der Waals surface area contributed by atoms with Crippen LogP contribution in [0.4, 0.5) is 14.5 Å². The molecule has 0 unspecified atom stereocenters. The Labute approximate surface area is 106 Å². The summed E-state index contributed by atoms with van der Waals surface area (Å²) in [6.45, 7) is 0. The van der Waals surface area contributed by atoms with Crippen molar-refractivity contribution in [3.63, 3.8) is 0 Å². The van der Waals surface area contributed by atoms with Gasteiger partial charge in [0.25, 0.3) is 5.91 Å². The van der Waals surface area contributed by atoms with Gasteiger partial charge >= 0.3 is 0 Å². The zero-order chi connectivity index (χ0) is 13.1. The molecule has 6 heteroatoms. The molecule has 0 spiro atoms. The molecule has 2 aromatic rings. The smallest absolute Gasteiger partial charge is 0.258 e. The summed E-state index contributed by atoms with van der Waals surface area (Å²) in [5.41, 5.74) is -0.326. The Bertz CT molecular complexity index is 604. The fraction of sp³-hybridized carbons (Fsp3) is 0. The number of benzene rings is 1. The monoisotopic (exact) mass is 268 g/mol. The van der Waals surface area contributed by atoms with Crippen molar-refractivity contribution in [1.29, 1.82) is 0 Å². The second kappa shape index (κ2) is 5.10. The number of rotatable bonds is 2. The third-order valence-electron chi connectivity index (χ3n) is 2.22. The van der Waals surface area contributed by atoms with Crippen LogP contribution in [0.15, 0.2) is 36.7 Å². The lowest BCUT2D eigenvalue weighted by Gasteiger charge is -2.07. The van der Waals surface area contributed by atoms with E-state index in [0.717, 1.165) is 6.20 Å². The molecule has 92 valence electrons. The maximum atomic E-state index is 13.6. The molecule has 0 aliphatic rings. The summed E-state index contributed by atoms with van der Waals surface area (Å²) in [4.78, 5) is 15.3. The molecular formula is C12H7ClF2N2O. The highest BCUT2D eigenvalue weighted by Crippen LogP contribution is 2.19. The summed E-state index contributed by atoms with van der Waals surface area (Å²) >= 11 is 5.55. The lowest BCUT2D eigenvalue weighted by Crippen LogP contribution is -2.15. The van der Waals surface area contributed by atoms with Crippen molar-refractivity contribution in [2.75, 3.05) is 5.32 Å². The van der Waals surface area contributed by atoms with E-state index >= 15 is 0 Å². The highest BCUT2D eigenvalue weighted by molar-refractivity contribution is 6.31. The number of hydrogen-bond acceptors (Lipinski definition) is 2. The molecule has 0 atom stereocenters. The molecule has 1 aromatic heterocycles. The molecule has 0 saturated heterocycles. The second-order valence-corrected chi connectivity index (χ2v) is 3.82. The number of carbonyl (C=O) groups excluding carboxylic acids is 1. The molecule has 0 fully saturated rings. The van der Waals surface area contributed by atoms with Gasteiger partial charge in [-0.25, -0.2) is 8.78 Å². The number of pyridine rings is 1. The summed E-state index contributed by atoms with van der Waals surface area (Å²) in [7, 11) is 0. The number of nitrogens with zero attached hydrogens (tertiary/aromatic N) is 1. The Kier molecular flexibility index (Phi) is 3.53. The van der Waals surface area contributed by atoms with Crippen molar-refractivity contribution in [1.82, 2.24) is 4.98 Å². The van der Waals surface area contributed by atoms with Crippen LogP contribution in [0.5, 0.6) is 0 Å². The minimum Gasteiger partial charge on any atom is -0.319 e. The molecule has 0 saturated carbocycles. The van der Waals surface area contributed by atoms with E-state index < -0.39 is 17.5 Å². The molecule has 18 heavy (non-hydrogen) atoms. The highest BCUT2D eigenvalue weighted by Gasteiger charge is 2.15. The SMILES string of the molecule is O=C(Nc1ccncc1F)c1cccc(Cl)c1F. The first-order chi connectivity index (χ1) is 8.59. The van der Waals surface area contributed by atoms with Gasteiger partial charge in [0, 0.05) is 6.20 Å². The Morgan fingerprint density at radius 1 is 1.28 bits per heavy atom. The van der Waals surface area contributed by atoms with Crippen molar-refractivity contribution in [2.45, 2.75) is 0 Å². The van der Waals surface area contributed by atoms with Crippen LogP contribution in [0.25, 0.3) is 0 Å². The lowest BCUT2D eigenvalue weighted by atomic mass is 10.2. The van der Waals surface area contributed by atoms with Gasteiger partial charge in [0.05, 0.1) is 22.5 Å². The van der Waals surface area contributed by atoms with E-state index in [-0.39, 0.29) is 16.3 Å². The van der Waals surface area contributed by atoms with Crippen LogP contribution in [0.3, 0.4) is 0 Å². The predicted molar refractivity (Wildman–Crippen MR) is 63.6 cm³/mol. The first-order valence-corrected chi connectivity index (χ1v) is 5.32. The van der Waals surface area contributed by atoms with E-state index in [2.05, 4.69) is 10.3 Å². The summed E-state index contributed by atoms with van der Waals surface area (Å²) < 4.78 is 26.8. The van der Waals surface area contributed by atoms with Crippen LogP contribution in [0.1, 0.15) is 10.4 Å². The standard InChI is InChI=1S/C12H7ClF2N2O/c13-8-3-1-2-7(11(8)15)12(18)17-10-4-5-16-6-9(10)14/h1-6H,(H,16,17,18). The summed E-state index contributed by atoms with van der Waals surface area (Å²) in [5.74, 6) is -2.32. The fourth-order valence-electron chi connectivity index (χ4n) is 1.35. The van der Waals surface area contributed by atoms with Crippen LogP contribution in [-0.4, -0.2) is 10.9 Å². The maximum Gasteiger partial charge on any atom is 0.258 e. The molecule has 1 amide bonds. The van der Waals surface area contributed by atoms with E-state index in [1.54, 1.807) is 0 Å². The third kappa shape index (κ3) is 2.46. The predicted octanol–water partition coefficient (Wildman–Crippen LogP) is 3.27. The zero-order valence-corrected chi connectivity index (χ0v) is 9.71. The van der Waals surface area contributed by atoms with Gasteiger partial charge in [0.15, 0.2) is 11.6 Å². The number of halogens is 3. The van der Waals surface area contributed by atoms with E-state index in [0.29, 0.717) is 0 Å². The van der Waals surface area contributed by atoms with Gasteiger partial charge in [-0.05, 0) is 18.2 Å². The molecule has 3 nitrogen and oxygen atoms in total. The number of aromatic nitrogens is 1. The molecular weight excluding hydrogens is 262 g/mol. The van der Waals surface area contributed by atoms with Crippen LogP contribution >= 0.6 is 11.6 Å². The molecule has 0 aliphatic heterocycles. The van der Waals surface area contributed by atoms with Crippen molar-refractivity contribution in [3.05, 3.63) is 58.9 Å². The molecule has 1 N–H and O–H groups in total. The zero-order valence-electron chi connectivity index (χ0n) is 8.95. The quantitative estimate of drug-likeness (QED) is 0.908. The lowest BCUT2D eigenvalue weighted by molar-refractivity contribution is 0.102. The second-order valence-electron chi connectivity index (χ2n) is 3.41. The van der Waals surface area contributed by atoms with Crippen molar-refractivity contribution in [3.8, 4) is 0 Å². The Balaban J connectivity index is 2.28. The molecule has 1 heterocycles. The van der Waals surface area contributed by atoms with Gasteiger partial charge in [-0.2, -0.15) is 0 Å². The number of amides is 1. The molecule has 1 aromatic carbocycles. The van der Waals surface area contributed by atoms with Crippen molar-refractivity contribution >= 4 is 23.2 Å². The van der Waals surface area contributed by atoms with Crippen LogP contribution in [-0.2, 0) is 0 Å². The molecule has 0 aliphatic carbocycles. The third-order valence-corrected chi connectivity index (χ3v) is 2.51. The number of carbonyl (C=O) groups is 1. The van der Waals surface area contributed by atoms with Gasteiger partial charge < -0.3 is 5.32 Å². The first kappa shape index (κ1) is 12.4. The Hall–Kier alpha value is -2.01. The van der Waals surface area contributed by atoms with Gasteiger partial charge in [-0.3, -0.25) is 9.78 Å². The van der Waals surface area contributed by atoms with Crippen LogP contribution in [0, 0.1) is 11.6 Å². The first-order valence-electron chi connectivity index (χ1n) is 4.94. The topological polar surface area (TPSA) is 42.0 Å². The van der Waals surface area contributed by atoms with Crippen LogP contribution in [0.2, 0.25) is 5.02 Å². The Morgan fingerprint density at radius 2 is 2.06 bits per heavy atom. The average molecular weight is 269 g/mol. The van der Waals surface area contributed by atoms with Gasteiger partial charge in [0.2, 0.25) is 0 Å². The van der Waals surface area contributed by atoms with E-state index in [1.165, 1.54) is 30.5 Å². The summed E-state index contributed by atoms with van der Waals surface area (Å²) in [5, 5.41) is 2.07. The Morgan fingerprint density at radius 3 is 2.78 bits per heavy atom. The van der Waals surface area contributed by atoms with Crippen molar-refractivity contribution < 1.29 is 13.6 Å².